The van der Waals surface area contributed by atoms with Gasteiger partial charge in [0, 0.05) is 34.7 Å². The van der Waals surface area contributed by atoms with Crippen molar-refractivity contribution in [1.29, 1.82) is 0 Å². The molecule has 0 bridgehead atoms. The Balaban J connectivity index is 1.32. The van der Waals surface area contributed by atoms with Gasteiger partial charge in [-0.2, -0.15) is 0 Å². The Morgan fingerprint density at radius 3 is 2.28 bits per heavy atom. The van der Waals surface area contributed by atoms with Crippen LogP contribution in [0.3, 0.4) is 0 Å². The highest BCUT2D eigenvalue weighted by atomic mass is 32.2. The lowest BCUT2D eigenvalue weighted by Gasteiger charge is -2.15. The number of non-ortho nitro benzene ring substituents is 1. The van der Waals surface area contributed by atoms with Gasteiger partial charge in [-0.05, 0) is 65.6 Å². The van der Waals surface area contributed by atoms with Crippen molar-refractivity contribution in [3.8, 4) is 0 Å². The fourth-order valence-electron chi connectivity index (χ4n) is 4.79. The average Bonchev–Trinajstić information content (AvgIpc) is 3.33. The van der Waals surface area contributed by atoms with Crippen LogP contribution in [-0.4, -0.2) is 33.8 Å². The van der Waals surface area contributed by atoms with Crippen molar-refractivity contribution in [3.63, 3.8) is 0 Å². The molecule has 5 rings (SSSR count). The van der Waals surface area contributed by atoms with Gasteiger partial charge in [-0.1, -0.05) is 62.4 Å². The molecule has 232 valence electrons. The number of benzene rings is 4. The highest BCUT2D eigenvalue weighted by Gasteiger charge is 2.40. The summed E-state index contributed by atoms with van der Waals surface area (Å²) in [6, 6.07) is 28.4. The summed E-state index contributed by atoms with van der Waals surface area (Å²) in [7, 11) is 0. The predicted octanol–water partition coefficient (Wildman–Crippen LogP) is 6.55. The van der Waals surface area contributed by atoms with E-state index >= 15 is 0 Å². The van der Waals surface area contributed by atoms with Gasteiger partial charge in [0.15, 0.2) is 0 Å². The summed E-state index contributed by atoms with van der Waals surface area (Å²) in [6.45, 7) is 4.18. The molecule has 46 heavy (non-hydrogen) atoms. The maximum Gasteiger partial charge on any atom is 0.272 e. The van der Waals surface area contributed by atoms with Crippen LogP contribution in [0.25, 0.3) is 6.08 Å². The van der Waals surface area contributed by atoms with Crippen molar-refractivity contribution in [2.75, 3.05) is 10.2 Å². The minimum Gasteiger partial charge on any atom is -0.321 e. The third kappa shape index (κ3) is 7.56. The lowest BCUT2D eigenvalue weighted by Crippen LogP contribution is -2.31. The van der Waals surface area contributed by atoms with E-state index in [0.717, 1.165) is 16.0 Å². The second-order valence-electron chi connectivity index (χ2n) is 10.8. The SMILES string of the molecule is CC(C)c1ccc(C=C(NC(=O)c2ccccc2)C(=O)Nc2cccc(SC3CC(=O)N(c4ccc([N+](=O)[O-])cc4)C3=O)c2)cc1. The van der Waals surface area contributed by atoms with Gasteiger partial charge in [0.05, 0.1) is 15.9 Å². The van der Waals surface area contributed by atoms with Gasteiger partial charge in [-0.3, -0.25) is 29.3 Å². The van der Waals surface area contributed by atoms with E-state index in [0.29, 0.717) is 22.1 Å². The first-order valence-corrected chi connectivity index (χ1v) is 15.3. The maximum absolute atomic E-state index is 13.5. The van der Waals surface area contributed by atoms with E-state index < -0.39 is 33.8 Å². The van der Waals surface area contributed by atoms with Crippen LogP contribution in [-0.2, 0) is 14.4 Å². The third-order valence-electron chi connectivity index (χ3n) is 7.24. The topological polar surface area (TPSA) is 139 Å². The summed E-state index contributed by atoms with van der Waals surface area (Å²) >= 11 is 1.18. The molecule has 2 N–H and O–H groups in total. The largest absolute Gasteiger partial charge is 0.321 e. The number of carbonyl (C=O) groups is 4. The highest BCUT2D eigenvalue weighted by molar-refractivity contribution is 8.00. The summed E-state index contributed by atoms with van der Waals surface area (Å²) in [4.78, 5) is 64.5. The summed E-state index contributed by atoms with van der Waals surface area (Å²) < 4.78 is 0. The van der Waals surface area contributed by atoms with Gasteiger partial charge < -0.3 is 10.6 Å². The molecule has 0 aromatic heterocycles. The zero-order chi connectivity index (χ0) is 32.8. The first-order chi connectivity index (χ1) is 22.1. The quantitative estimate of drug-likeness (QED) is 0.0873. The van der Waals surface area contributed by atoms with E-state index in [4.69, 9.17) is 0 Å². The molecular formula is C35H30N4O6S. The molecular weight excluding hydrogens is 604 g/mol. The number of nitrogens with zero attached hydrogens (tertiary/aromatic N) is 2. The number of nitro benzene ring substituents is 1. The van der Waals surface area contributed by atoms with Crippen molar-refractivity contribution in [2.45, 2.75) is 36.3 Å². The number of nitrogens with one attached hydrogen (secondary N) is 2. The van der Waals surface area contributed by atoms with Gasteiger partial charge in [0.2, 0.25) is 11.8 Å². The second kappa shape index (κ2) is 14.0. The highest BCUT2D eigenvalue weighted by Crippen LogP contribution is 2.35. The average molecular weight is 635 g/mol. The van der Waals surface area contributed by atoms with Gasteiger partial charge in [0.25, 0.3) is 17.5 Å². The summed E-state index contributed by atoms with van der Waals surface area (Å²) in [5.74, 6) is -1.49. The van der Waals surface area contributed by atoms with Crippen LogP contribution in [0.1, 0.15) is 47.7 Å². The first kappa shape index (κ1) is 31.9. The molecule has 11 heteroatoms. The van der Waals surface area contributed by atoms with Crippen LogP contribution in [0.15, 0.2) is 114 Å². The molecule has 4 amide bonds. The normalized spacial score (nSPS) is 14.8. The van der Waals surface area contributed by atoms with Crippen molar-refractivity contribution >= 4 is 58.5 Å². The molecule has 4 aromatic carbocycles. The number of anilines is 2. The number of thioether (sulfide) groups is 1. The Labute approximate surface area is 269 Å². The molecule has 0 radical (unpaired) electrons. The van der Waals surface area contributed by atoms with E-state index in [-0.39, 0.29) is 23.5 Å². The molecule has 1 fully saturated rings. The van der Waals surface area contributed by atoms with Crippen LogP contribution in [0.4, 0.5) is 17.1 Å². The lowest BCUT2D eigenvalue weighted by atomic mass is 10.0. The number of amides is 4. The molecule has 0 saturated carbocycles. The fraction of sp³-hybridized carbons (Fsp3) is 0.143. The van der Waals surface area contributed by atoms with Gasteiger partial charge in [-0.25, -0.2) is 4.90 Å². The van der Waals surface area contributed by atoms with Crippen molar-refractivity contribution in [2.24, 2.45) is 0 Å². The maximum atomic E-state index is 13.5. The number of imide groups is 1. The monoisotopic (exact) mass is 634 g/mol. The molecule has 1 aliphatic heterocycles. The molecule has 10 nitrogen and oxygen atoms in total. The minimum absolute atomic E-state index is 0.0412. The Kier molecular flexibility index (Phi) is 9.73. The third-order valence-corrected chi connectivity index (χ3v) is 8.42. The van der Waals surface area contributed by atoms with E-state index in [1.807, 2.05) is 24.3 Å². The van der Waals surface area contributed by atoms with Crippen LogP contribution >= 0.6 is 11.8 Å². The van der Waals surface area contributed by atoms with Crippen molar-refractivity contribution in [3.05, 3.63) is 136 Å². The molecule has 0 spiro atoms. The molecule has 1 unspecified atom stereocenters. The second-order valence-corrected chi connectivity index (χ2v) is 12.1. The van der Waals surface area contributed by atoms with E-state index in [9.17, 15) is 29.3 Å². The predicted molar refractivity (Wildman–Crippen MR) is 177 cm³/mol. The van der Waals surface area contributed by atoms with Crippen LogP contribution in [0.2, 0.25) is 0 Å². The van der Waals surface area contributed by atoms with E-state index in [2.05, 4.69) is 24.5 Å². The Morgan fingerprint density at radius 1 is 0.935 bits per heavy atom. The smallest absolute Gasteiger partial charge is 0.272 e. The van der Waals surface area contributed by atoms with Gasteiger partial charge >= 0.3 is 0 Å². The number of hydrogen-bond acceptors (Lipinski definition) is 7. The number of carbonyl (C=O) groups excluding carboxylic acids is 4. The Bertz CT molecular complexity index is 1820. The van der Waals surface area contributed by atoms with Crippen molar-refractivity contribution in [1.82, 2.24) is 5.32 Å². The van der Waals surface area contributed by atoms with Crippen LogP contribution < -0.4 is 15.5 Å². The first-order valence-electron chi connectivity index (χ1n) is 14.5. The summed E-state index contributed by atoms with van der Waals surface area (Å²) in [5, 5.41) is 15.8. The zero-order valence-electron chi connectivity index (χ0n) is 25.0. The number of nitro groups is 1. The van der Waals surface area contributed by atoms with Gasteiger partial charge in [-0.15, -0.1) is 11.8 Å². The molecule has 1 saturated heterocycles. The summed E-state index contributed by atoms with van der Waals surface area (Å²) in [5.41, 5.74) is 2.86. The van der Waals surface area contributed by atoms with Crippen LogP contribution in [0.5, 0.6) is 0 Å². The van der Waals surface area contributed by atoms with Gasteiger partial charge in [0.1, 0.15) is 5.70 Å². The lowest BCUT2D eigenvalue weighted by molar-refractivity contribution is -0.384. The minimum atomic E-state index is -0.719. The standard InChI is InChI=1S/C35H30N4O6S/c1-22(2)24-13-11-23(12-14-24)19-30(37-33(41)25-7-4-3-5-8-25)34(42)36-26-9-6-10-29(20-26)46-31-21-32(40)38(35(31)43)27-15-17-28(18-16-27)39(44)45/h3-20,22,31H,21H2,1-2H3,(H,36,42)(H,37,41). The molecule has 1 heterocycles. The Morgan fingerprint density at radius 2 is 1.63 bits per heavy atom. The van der Waals surface area contributed by atoms with E-state index in [1.54, 1.807) is 60.7 Å². The number of rotatable bonds is 10. The summed E-state index contributed by atoms with van der Waals surface area (Å²) in [6.07, 6.45) is 1.56. The molecule has 1 aliphatic rings. The van der Waals surface area contributed by atoms with Crippen LogP contribution in [0, 0.1) is 10.1 Å². The molecule has 0 aliphatic carbocycles. The molecule has 1 atom stereocenters. The molecule has 4 aromatic rings. The zero-order valence-corrected chi connectivity index (χ0v) is 25.8. The fourth-order valence-corrected chi connectivity index (χ4v) is 5.90. The van der Waals surface area contributed by atoms with E-state index in [1.165, 1.54) is 36.0 Å². The van der Waals surface area contributed by atoms with Crippen molar-refractivity contribution < 1.29 is 24.1 Å². The number of hydrogen-bond donors (Lipinski definition) is 2. The Hall–Kier alpha value is -5.55.